The monoisotopic (exact) mass is 167 g/mol. The summed E-state index contributed by atoms with van der Waals surface area (Å²) in [6.07, 6.45) is 2.99. The first kappa shape index (κ1) is 8.55. The molecule has 0 radical (unpaired) electrons. The molecule has 70 valence electrons. The van der Waals surface area contributed by atoms with Crippen LogP contribution in [0.2, 0.25) is 0 Å². The van der Waals surface area contributed by atoms with Crippen LogP contribution in [0, 0.1) is 17.8 Å². The van der Waals surface area contributed by atoms with Crippen molar-refractivity contribution in [1.82, 2.24) is 4.90 Å². The van der Waals surface area contributed by atoms with Crippen LogP contribution < -0.4 is 0 Å². The molecule has 12 heavy (non-hydrogen) atoms. The molecule has 1 heteroatoms. The fourth-order valence-corrected chi connectivity index (χ4v) is 3.06. The Kier molecular flexibility index (Phi) is 2.16. The zero-order valence-corrected chi connectivity index (χ0v) is 8.59. The van der Waals surface area contributed by atoms with Gasteiger partial charge in [0.15, 0.2) is 0 Å². The van der Waals surface area contributed by atoms with Crippen LogP contribution in [0.25, 0.3) is 0 Å². The molecule has 1 heterocycles. The van der Waals surface area contributed by atoms with E-state index in [1.807, 2.05) is 0 Å². The highest BCUT2D eigenvalue weighted by atomic mass is 15.2. The summed E-state index contributed by atoms with van der Waals surface area (Å²) in [5, 5.41) is 0. The van der Waals surface area contributed by atoms with Gasteiger partial charge in [-0.2, -0.15) is 0 Å². The van der Waals surface area contributed by atoms with Gasteiger partial charge in [0.25, 0.3) is 0 Å². The third-order valence-electron chi connectivity index (χ3n) is 3.75. The second kappa shape index (κ2) is 3.02. The van der Waals surface area contributed by atoms with E-state index in [-0.39, 0.29) is 0 Å². The maximum Gasteiger partial charge on any atom is 0.00388 e. The predicted octanol–water partition coefficient (Wildman–Crippen LogP) is 2.37. The van der Waals surface area contributed by atoms with E-state index >= 15 is 0 Å². The molecule has 1 saturated carbocycles. The Hall–Kier alpha value is -0.0400. The van der Waals surface area contributed by atoms with E-state index < -0.39 is 0 Å². The number of rotatable bonds is 1. The Bertz CT molecular complexity index is 150. The van der Waals surface area contributed by atoms with Crippen LogP contribution in [0.4, 0.5) is 0 Å². The molecular weight excluding hydrogens is 146 g/mol. The van der Waals surface area contributed by atoms with Crippen LogP contribution in [-0.4, -0.2) is 24.0 Å². The third kappa shape index (κ3) is 1.39. The fourth-order valence-electron chi connectivity index (χ4n) is 3.06. The van der Waals surface area contributed by atoms with Gasteiger partial charge in [0.1, 0.15) is 0 Å². The summed E-state index contributed by atoms with van der Waals surface area (Å²) in [4.78, 5) is 2.65. The Balaban J connectivity index is 1.93. The molecule has 1 aliphatic heterocycles. The van der Waals surface area contributed by atoms with Crippen molar-refractivity contribution >= 4 is 0 Å². The lowest BCUT2D eigenvalue weighted by atomic mass is 10.0. The summed E-state index contributed by atoms with van der Waals surface area (Å²) < 4.78 is 0. The van der Waals surface area contributed by atoms with Gasteiger partial charge < -0.3 is 4.90 Å². The average molecular weight is 167 g/mol. The maximum absolute atomic E-state index is 2.65. The molecule has 1 saturated heterocycles. The summed E-state index contributed by atoms with van der Waals surface area (Å²) in [6, 6.07) is 0.769. The van der Waals surface area contributed by atoms with Crippen molar-refractivity contribution in [2.75, 3.05) is 13.1 Å². The predicted molar refractivity (Wildman–Crippen MR) is 52.1 cm³/mol. The van der Waals surface area contributed by atoms with Gasteiger partial charge >= 0.3 is 0 Å². The second-order valence-electron chi connectivity index (χ2n) is 5.14. The zero-order chi connectivity index (χ0) is 8.72. The summed E-state index contributed by atoms with van der Waals surface area (Å²) >= 11 is 0. The van der Waals surface area contributed by atoms with Crippen molar-refractivity contribution in [3.8, 4) is 0 Å². The molecule has 0 unspecified atom stereocenters. The minimum atomic E-state index is 0.769. The fraction of sp³-hybridized carbons (Fsp3) is 1.00. The van der Waals surface area contributed by atoms with E-state index in [9.17, 15) is 0 Å². The van der Waals surface area contributed by atoms with Crippen LogP contribution >= 0.6 is 0 Å². The van der Waals surface area contributed by atoms with E-state index in [0.29, 0.717) is 0 Å². The van der Waals surface area contributed by atoms with E-state index in [1.165, 1.54) is 25.9 Å². The van der Waals surface area contributed by atoms with Crippen LogP contribution in [0.5, 0.6) is 0 Å². The topological polar surface area (TPSA) is 3.24 Å². The zero-order valence-electron chi connectivity index (χ0n) is 8.59. The molecule has 0 bridgehead atoms. The Morgan fingerprint density at radius 3 is 2.00 bits per heavy atom. The number of hydrogen-bond donors (Lipinski definition) is 0. The number of nitrogens with zero attached hydrogens (tertiary/aromatic N) is 1. The lowest BCUT2D eigenvalue weighted by Gasteiger charge is -2.21. The van der Waals surface area contributed by atoms with Gasteiger partial charge in [-0.1, -0.05) is 6.92 Å². The minimum absolute atomic E-state index is 0.769. The highest BCUT2D eigenvalue weighted by Crippen LogP contribution is 2.41. The van der Waals surface area contributed by atoms with Gasteiger partial charge in [-0.25, -0.2) is 0 Å². The summed E-state index contributed by atoms with van der Waals surface area (Å²) in [5.74, 6) is 3.10. The minimum Gasteiger partial charge on any atom is -0.300 e. The number of fused-ring (bicyclic) bond motifs is 1. The van der Waals surface area contributed by atoms with E-state index in [0.717, 1.165) is 23.8 Å². The van der Waals surface area contributed by atoms with E-state index in [2.05, 4.69) is 25.7 Å². The molecule has 1 nitrogen and oxygen atoms in total. The highest BCUT2D eigenvalue weighted by molar-refractivity contribution is 4.91. The lowest BCUT2D eigenvalue weighted by Crippen LogP contribution is -2.29. The molecule has 2 aliphatic rings. The molecule has 0 N–H and O–H groups in total. The first-order chi connectivity index (χ1) is 5.66. The normalized spacial score (nSPS) is 42.5. The summed E-state index contributed by atoms with van der Waals surface area (Å²) in [5.41, 5.74) is 0. The van der Waals surface area contributed by atoms with Crippen LogP contribution in [-0.2, 0) is 0 Å². The first-order valence-electron chi connectivity index (χ1n) is 5.41. The summed E-state index contributed by atoms with van der Waals surface area (Å²) in [6.45, 7) is 9.83. The Morgan fingerprint density at radius 2 is 1.58 bits per heavy atom. The first-order valence-corrected chi connectivity index (χ1v) is 5.41. The van der Waals surface area contributed by atoms with E-state index in [1.54, 1.807) is 0 Å². The molecule has 0 aromatic heterocycles. The van der Waals surface area contributed by atoms with Gasteiger partial charge in [0.05, 0.1) is 0 Å². The number of likely N-dealkylation sites (tertiary alicyclic amines) is 1. The standard InChI is InChI=1S/C11H21N/c1-8(2)12-6-10-4-9(3)5-11(10)7-12/h8-11H,4-7H2,1-3H3/t9-,10-,11+. The van der Waals surface area contributed by atoms with Crippen molar-refractivity contribution in [2.45, 2.75) is 39.7 Å². The Labute approximate surface area is 76.1 Å². The molecule has 3 atom stereocenters. The van der Waals surface area contributed by atoms with Gasteiger partial charge in [0, 0.05) is 19.1 Å². The second-order valence-corrected chi connectivity index (χ2v) is 5.14. The third-order valence-corrected chi connectivity index (χ3v) is 3.75. The van der Waals surface area contributed by atoms with Crippen LogP contribution in [0.15, 0.2) is 0 Å². The molecule has 0 amide bonds. The van der Waals surface area contributed by atoms with Crippen molar-refractivity contribution in [3.63, 3.8) is 0 Å². The Morgan fingerprint density at radius 1 is 1.08 bits per heavy atom. The van der Waals surface area contributed by atoms with Crippen molar-refractivity contribution in [2.24, 2.45) is 17.8 Å². The summed E-state index contributed by atoms with van der Waals surface area (Å²) in [7, 11) is 0. The number of hydrogen-bond acceptors (Lipinski definition) is 1. The van der Waals surface area contributed by atoms with Gasteiger partial charge in [-0.3, -0.25) is 0 Å². The highest BCUT2D eigenvalue weighted by Gasteiger charge is 2.39. The van der Waals surface area contributed by atoms with Gasteiger partial charge in [-0.15, -0.1) is 0 Å². The van der Waals surface area contributed by atoms with Crippen molar-refractivity contribution in [1.29, 1.82) is 0 Å². The largest absolute Gasteiger partial charge is 0.300 e. The maximum atomic E-state index is 2.65. The van der Waals surface area contributed by atoms with Crippen molar-refractivity contribution in [3.05, 3.63) is 0 Å². The van der Waals surface area contributed by atoms with Gasteiger partial charge in [0.2, 0.25) is 0 Å². The molecule has 0 aromatic rings. The van der Waals surface area contributed by atoms with Crippen LogP contribution in [0.3, 0.4) is 0 Å². The SMILES string of the molecule is CC(C)N1C[C@H]2C[C@@H](C)C[C@H]2C1. The smallest absolute Gasteiger partial charge is 0.00388 e. The molecule has 2 rings (SSSR count). The van der Waals surface area contributed by atoms with E-state index in [4.69, 9.17) is 0 Å². The molecule has 2 fully saturated rings. The average Bonchev–Trinajstić information content (AvgIpc) is 2.42. The van der Waals surface area contributed by atoms with Crippen molar-refractivity contribution < 1.29 is 0 Å². The van der Waals surface area contributed by atoms with Crippen LogP contribution in [0.1, 0.15) is 33.6 Å². The molecular formula is C11H21N. The quantitative estimate of drug-likeness (QED) is 0.579. The molecule has 0 spiro atoms. The molecule has 0 aromatic carbocycles. The van der Waals surface area contributed by atoms with Gasteiger partial charge in [-0.05, 0) is 44.4 Å². The lowest BCUT2D eigenvalue weighted by molar-refractivity contribution is 0.248. The molecule has 1 aliphatic carbocycles.